The van der Waals surface area contributed by atoms with Gasteiger partial charge in [-0.15, -0.1) is 11.3 Å². The van der Waals surface area contributed by atoms with E-state index in [0.717, 1.165) is 22.7 Å². The summed E-state index contributed by atoms with van der Waals surface area (Å²) in [6.07, 6.45) is 0.409. The quantitative estimate of drug-likeness (QED) is 0.907. The normalized spacial score (nSPS) is 12.4. The summed E-state index contributed by atoms with van der Waals surface area (Å²) in [6, 6.07) is 5.31. The fourth-order valence-corrected chi connectivity index (χ4v) is 2.60. The zero-order valence-corrected chi connectivity index (χ0v) is 12.5. The molecule has 0 saturated heterocycles. The second-order valence-electron chi connectivity index (χ2n) is 4.24. The van der Waals surface area contributed by atoms with Crippen molar-refractivity contribution in [2.24, 2.45) is 0 Å². The Balaban J connectivity index is 2.03. The second kappa shape index (κ2) is 6.37. The average molecular weight is 298 g/mol. The van der Waals surface area contributed by atoms with Gasteiger partial charge in [-0.05, 0) is 31.0 Å². The Morgan fingerprint density at radius 1 is 1.47 bits per heavy atom. The molecule has 1 N–H and O–H groups in total. The van der Waals surface area contributed by atoms with Crippen LogP contribution in [0.1, 0.15) is 36.2 Å². The van der Waals surface area contributed by atoms with Crippen LogP contribution in [-0.4, -0.2) is 10.1 Å². The van der Waals surface area contributed by atoms with E-state index in [1.807, 2.05) is 11.4 Å². The van der Waals surface area contributed by atoms with E-state index in [1.54, 1.807) is 30.4 Å². The molecule has 0 bridgehead atoms. The standard InChI is InChI=1S/C14H16ClNO2S/c1-3-14-16-11(8-19-14)7-18-13-5-4-10(9(2)17)6-12(13)15/h4-6,8-9,17H,3,7H2,1-2H3. The number of aliphatic hydroxyl groups excluding tert-OH is 1. The monoisotopic (exact) mass is 297 g/mol. The largest absolute Gasteiger partial charge is 0.486 e. The van der Waals surface area contributed by atoms with Gasteiger partial charge in [0, 0.05) is 5.38 Å². The highest BCUT2D eigenvalue weighted by Gasteiger charge is 2.08. The zero-order chi connectivity index (χ0) is 13.8. The molecule has 1 aromatic heterocycles. The Bertz CT molecular complexity index is 554. The van der Waals surface area contributed by atoms with E-state index in [-0.39, 0.29) is 0 Å². The minimum Gasteiger partial charge on any atom is -0.486 e. The van der Waals surface area contributed by atoms with Crippen LogP contribution in [0.3, 0.4) is 0 Å². The lowest BCUT2D eigenvalue weighted by molar-refractivity contribution is 0.199. The third-order valence-corrected chi connectivity index (χ3v) is 4.05. The van der Waals surface area contributed by atoms with Crippen LogP contribution < -0.4 is 4.74 Å². The molecule has 0 saturated carbocycles. The van der Waals surface area contributed by atoms with Crippen molar-refractivity contribution >= 4 is 22.9 Å². The topological polar surface area (TPSA) is 42.4 Å². The minimum atomic E-state index is -0.530. The van der Waals surface area contributed by atoms with Gasteiger partial charge >= 0.3 is 0 Å². The van der Waals surface area contributed by atoms with Crippen molar-refractivity contribution in [3.05, 3.63) is 44.9 Å². The van der Waals surface area contributed by atoms with Crippen LogP contribution in [0.2, 0.25) is 5.02 Å². The Morgan fingerprint density at radius 2 is 2.26 bits per heavy atom. The van der Waals surface area contributed by atoms with Crippen molar-refractivity contribution in [3.8, 4) is 5.75 Å². The number of hydrogen-bond donors (Lipinski definition) is 1. The molecular formula is C14H16ClNO2S. The number of aliphatic hydroxyl groups is 1. The number of halogens is 1. The second-order valence-corrected chi connectivity index (χ2v) is 5.59. The molecule has 0 aliphatic heterocycles. The van der Waals surface area contributed by atoms with E-state index in [0.29, 0.717) is 17.4 Å². The molecule has 0 spiro atoms. The van der Waals surface area contributed by atoms with Crippen molar-refractivity contribution in [2.75, 3.05) is 0 Å². The van der Waals surface area contributed by atoms with E-state index in [1.165, 1.54) is 0 Å². The summed E-state index contributed by atoms with van der Waals surface area (Å²) in [5, 5.41) is 13.1. The number of nitrogens with zero attached hydrogens (tertiary/aromatic N) is 1. The molecule has 2 rings (SSSR count). The van der Waals surface area contributed by atoms with Gasteiger partial charge in [0.1, 0.15) is 12.4 Å². The highest BCUT2D eigenvalue weighted by Crippen LogP contribution is 2.28. The lowest BCUT2D eigenvalue weighted by Gasteiger charge is -2.10. The third-order valence-electron chi connectivity index (χ3n) is 2.72. The molecule has 1 heterocycles. The molecule has 0 radical (unpaired) electrons. The average Bonchev–Trinajstić information content (AvgIpc) is 2.85. The smallest absolute Gasteiger partial charge is 0.138 e. The highest BCUT2D eigenvalue weighted by atomic mass is 35.5. The lowest BCUT2D eigenvalue weighted by atomic mass is 10.1. The number of rotatable bonds is 5. The van der Waals surface area contributed by atoms with Gasteiger partial charge in [-0.3, -0.25) is 0 Å². The summed E-state index contributed by atoms with van der Waals surface area (Å²) < 4.78 is 5.65. The molecule has 0 amide bonds. The maximum absolute atomic E-state index is 9.47. The summed E-state index contributed by atoms with van der Waals surface area (Å²) in [5.41, 5.74) is 1.69. The molecule has 0 aliphatic carbocycles. The molecule has 5 heteroatoms. The maximum atomic E-state index is 9.47. The van der Waals surface area contributed by atoms with Gasteiger partial charge in [-0.2, -0.15) is 0 Å². The van der Waals surface area contributed by atoms with Crippen LogP contribution in [-0.2, 0) is 13.0 Å². The van der Waals surface area contributed by atoms with Gasteiger partial charge in [0.25, 0.3) is 0 Å². The number of thiazole rings is 1. The molecule has 1 unspecified atom stereocenters. The first-order valence-electron chi connectivity index (χ1n) is 6.13. The molecular weight excluding hydrogens is 282 g/mol. The van der Waals surface area contributed by atoms with Gasteiger partial charge in [0.2, 0.25) is 0 Å². The number of aromatic nitrogens is 1. The fourth-order valence-electron chi connectivity index (χ4n) is 1.62. The van der Waals surface area contributed by atoms with E-state index < -0.39 is 6.10 Å². The van der Waals surface area contributed by atoms with Gasteiger partial charge < -0.3 is 9.84 Å². The van der Waals surface area contributed by atoms with Crippen molar-refractivity contribution in [3.63, 3.8) is 0 Å². The van der Waals surface area contributed by atoms with E-state index in [4.69, 9.17) is 16.3 Å². The lowest BCUT2D eigenvalue weighted by Crippen LogP contribution is -1.98. The van der Waals surface area contributed by atoms with Crippen LogP contribution in [0.4, 0.5) is 0 Å². The van der Waals surface area contributed by atoms with Gasteiger partial charge in [0.05, 0.1) is 21.8 Å². The van der Waals surface area contributed by atoms with Gasteiger partial charge in [-0.1, -0.05) is 24.6 Å². The van der Waals surface area contributed by atoms with Crippen LogP contribution in [0, 0.1) is 0 Å². The first-order valence-corrected chi connectivity index (χ1v) is 7.39. The molecule has 2 aromatic rings. The Labute approximate surface area is 121 Å². The Kier molecular flexibility index (Phi) is 4.80. The number of ether oxygens (including phenoxy) is 1. The van der Waals surface area contributed by atoms with Gasteiger partial charge in [-0.25, -0.2) is 4.98 Å². The third kappa shape index (κ3) is 3.69. The fraction of sp³-hybridized carbons (Fsp3) is 0.357. The van der Waals surface area contributed by atoms with Crippen LogP contribution in [0.5, 0.6) is 5.75 Å². The number of aryl methyl sites for hydroxylation is 1. The first kappa shape index (κ1) is 14.3. The maximum Gasteiger partial charge on any atom is 0.138 e. The van der Waals surface area contributed by atoms with E-state index >= 15 is 0 Å². The molecule has 0 fully saturated rings. The van der Waals surface area contributed by atoms with Crippen LogP contribution >= 0.6 is 22.9 Å². The van der Waals surface area contributed by atoms with E-state index in [2.05, 4.69) is 11.9 Å². The first-order chi connectivity index (χ1) is 9.10. The summed E-state index contributed by atoms with van der Waals surface area (Å²) in [5.74, 6) is 0.608. The molecule has 1 atom stereocenters. The summed E-state index contributed by atoms with van der Waals surface area (Å²) >= 11 is 7.76. The summed E-state index contributed by atoms with van der Waals surface area (Å²) in [4.78, 5) is 4.43. The van der Waals surface area contributed by atoms with Crippen molar-refractivity contribution in [1.82, 2.24) is 4.98 Å². The minimum absolute atomic E-state index is 0.407. The summed E-state index contributed by atoms with van der Waals surface area (Å²) in [7, 11) is 0. The van der Waals surface area contributed by atoms with Crippen molar-refractivity contribution in [1.29, 1.82) is 0 Å². The molecule has 102 valence electrons. The van der Waals surface area contributed by atoms with Crippen molar-refractivity contribution in [2.45, 2.75) is 33.0 Å². The highest BCUT2D eigenvalue weighted by molar-refractivity contribution is 7.09. The van der Waals surface area contributed by atoms with Crippen molar-refractivity contribution < 1.29 is 9.84 Å². The zero-order valence-electron chi connectivity index (χ0n) is 10.9. The predicted molar refractivity (Wildman–Crippen MR) is 77.9 cm³/mol. The Morgan fingerprint density at radius 3 is 2.84 bits per heavy atom. The molecule has 0 aliphatic rings. The SMILES string of the molecule is CCc1nc(COc2ccc(C(C)O)cc2Cl)cs1. The Hall–Kier alpha value is -1.10. The predicted octanol–water partition coefficient (Wildman–Crippen LogP) is 3.99. The molecule has 1 aromatic carbocycles. The van der Waals surface area contributed by atoms with Crippen LogP contribution in [0.25, 0.3) is 0 Å². The number of hydrogen-bond acceptors (Lipinski definition) is 4. The molecule has 3 nitrogen and oxygen atoms in total. The summed E-state index contributed by atoms with van der Waals surface area (Å²) in [6.45, 7) is 4.19. The van der Waals surface area contributed by atoms with E-state index in [9.17, 15) is 5.11 Å². The van der Waals surface area contributed by atoms with Gasteiger partial charge in [0.15, 0.2) is 0 Å². The number of benzene rings is 1. The van der Waals surface area contributed by atoms with Crippen LogP contribution in [0.15, 0.2) is 23.6 Å². The molecule has 19 heavy (non-hydrogen) atoms.